The fraction of sp³-hybridized carbons (Fsp3) is 0.480. The number of aryl methyl sites for hydroxylation is 1. The second-order valence-corrected chi connectivity index (χ2v) is 8.50. The Morgan fingerprint density at radius 3 is 2.63 bits per heavy atom. The monoisotopic (exact) mass is 407 g/mol. The number of carbonyl (C=O) groups is 1. The summed E-state index contributed by atoms with van der Waals surface area (Å²) in [6.45, 7) is 7.89. The van der Waals surface area contributed by atoms with Crippen LogP contribution in [0.3, 0.4) is 0 Å². The molecule has 1 N–H and O–H groups in total. The molecule has 0 aromatic heterocycles. The first-order valence-electron chi connectivity index (χ1n) is 11.2. The number of benzene rings is 2. The molecule has 0 aliphatic carbocycles. The molecule has 5 heteroatoms. The number of hydrogen-bond acceptors (Lipinski definition) is 3. The van der Waals surface area contributed by atoms with E-state index in [1.54, 1.807) is 0 Å². The SMILES string of the molecule is Cc1cc(CN2C[C@H](c3ccccc3)NC2=O)ccc1OCCCCN1CCCC1. The summed E-state index contributed by atoms with van der Waals surface area (Å²) in [6.07, 6.45) is 5.00. The summed E-state index contributed by atoms with van der Waals surface area (Å²) in [6, 6.07) is 16.5. The van der Waals surface area contributed by atoms with Gasteiger partial charge in [-0.15, -0.1) is 0 Å². The highest BCUT2D eigenvalue weighted by Crippen LogP contribution is 2.24. The molecule has 2 aliphatic heterocycles. The van der Waals surface area contributed by atoms with Crippen LogP contribution in [0.2, 0.25) is 0 Å². The molecule has 30 heavy (non-hydrogen) atoms. The lowest BCUT2D eigenvalue weighted by molar-refractivity contribution is 0.215. The predicted octanol–water partition coefficient (Wildman–Crippen LogP) is 4.52. The third-order valence-corrected chi connectivity index (χ3v) is 6.13. The van der Waals surface area contributed by atoms with Crippen molar-refractivity contribution < 1.29 is 9.53 Å². The summed E-state index contributed by atoms with van der Waals surface area (Å²) >= 11 is 0. The molecule has 0 bridgehead atoms. The van der Waals surface area contributed by atoms with Crippen molar-refractivity contribution in [2.24, 2.45) is 0 Å². The van der Waals surface area contributed by atoms with Crippen LogP contribution in [0.25, 0.3) is 0 Å². The van der Waals surface area contributed by atoms with E-state index in [1.165, 1.54) is 38.9 Å². The molecule has 2 aromatic rings. The molecule has 2 aliphatic rings. The normalized spacial score (nSPS) is 19.3. The summed E-state index contributed by atoms with van der Waals surface area (Å²) in [4.78, 5) is 16.8. The zero-order valence-electron chi connectivity index (χ0n) is 18.0. The van der Waals surface area contributed by atoms with E-state index in [9.17, 15) is 4.79 Å². The van der Waals surface area contributed by atoms with Crippen LogP contribution in [0.4, 0.5) is 4.79 Å². The molecule has 2 heterocycles. The first-order valence-corrected chi connectivity index (χ1v) is 11.2. The topological polar surface area (TPSA) is 44.8 Å². The van der Waals surface area contributed by atoms with Gasteiger partial charge in [0.15, 0.2) is 0 Å². The summed E-state index contributed by atoms with van der Waals surface area (Å²) in [5.41, 5.74) is 3.42. The van der Waals surface area contributed by atoms with E-state index in [2.05, 4.69) is 41.4 Å². The lowest BCUT2D eigenvalue weighted by Gasteiger charge is -2.17. The molecule has 2 amide bonds. The highest BCUT2D eigenvalue weighted by atomic mass is 16.5. The first-order chi connectivity index (χ1) is 14.7. The van der Waals surface area contributed by atoms with Gasteiger partial charge in [-0.2, -0.15) is 0 Å². The van der Waals surface area contributed by atoms with Crippen LogP contribution in [-0.4, -0.2) is 48.6 Å². The minimum atomic E-state index is -0.000153. The fourth-order valence-corrected chi connectivity index (χ4v) is 4.42. The number of amides is 2. The minimum absolute atomic E-state index is 0.000153. The van der Waals surface area contributed by atoms with Crippen LogP contribution in [0.5, 0.6) is 5.75 Å². The number of urea groups is 1. The van der Waals surface area contributed by atoms with Gasteiger partial charge >= 0.3 is 6.03 Å². The van der Waals surface area contributed by atoms with Crippen molar-refractivity contribution in [2.75, 3.05) is 32.8 Å². The van der Waals surface area contributed by atoms with Crippen LogP contribution in [0.15, 0.2) is 48.5 Å². The third-order valence-electron chi connectivity index (χ3n) is 6.13. The van der Waals surface area contributed by atoms with Gasteiger partial charge in [0.25, 0.3) is 0 Å². The Kier molecular flexibility index (Phi) is 6.90. The average Bonchev–Trinajstić information content (AvgIpc) is 3.40. The van der Waals surface area contributed by atoms with Gasteiger partial charge in [0, 0.05) is 13.1 Å². The molecule has 2 fully saturated rings. The molecule has 0 radical (unpaired) electrons. The molecular weight excluding hydrogens is 374 g/mol. The van der Waals surface area contributed by atoms with Crippen molar-refractivity contribution in [3.05, 3.63) is 65.2 Å². The Bertz CT molecular complexity index is 834. The van der Waals surface area contributed by atoms with Crippen LogP contribution in [0.1, 0.15) is 48.4 Å². The van der Waals surface area contributed by atoms with E-state index in [0.717, 1.165) is 35.5 Å². The third kappa shape index (κ3) is 5.33. The highest BCUT2D eigenvalue weighted by molar-refractivity contribution is 5.77. The molecule has 0 saturated carbocycles. The van der Waals surface area contributed by atoms with Crippen molar-refractivity contribution >= 4 is 6.03 Å². The number of rotatable bonds is 9. The van der Waals surface area contributed by atoms with Gasteiger partial charge < -0.3 is 19.9 Å². The molecule has 1 atom stereocenters. The molecular formula is C25H33N3O2. The van der Waals surface area contributed by atoms with Gasteiger partial charge in [-0.1, -0.05) is 42.5 Å². The quantitative estimate of drug-likeness (QED) is 0.622. The van der Waals surface area contributed by atoms with Crippen LogP contribution in [0, 0.1) is 6.92 Å². The number of likely N-dealkylation sites (tertiary alicyclic amines) is 1. The van der Waals surface area contributed by atoms with Crippen molar-refractivity contribution in [2.45, 2.75) is 45.2 Å². The van der Waals surface area contributed by atoms with E-state index in [4.69, 9.17) is 4.74 Å². The van der Waals surface area contributed by atoms with E-state index in [1.807, 2.05) is 29.2 Å². The first kappa shape index (κ1) is 20.7. The Morgan fingerprint density at radius 1 is 1.07 bits per heavy atom. The van der Waals surface area contributed by atoms with Crippen LogP contribution >= 0.6 is 0 Å². The number of hydrogen-bond donors (Lipinski definition) is 1. The zero-order valence-corrected chi connectivity index (χ0v) is 18.0. The zero-order chi connectivity index (χ0) is 20.8. The van der Waals surface area contributed by atoms with Crippen LogP contribution < -0.4 is 10.1 Å². The number of ether oxygens (including phenoxy) is 1. The maximum atomic E-state index is 12.4. The van der Waals surface area contributed by atoms with Gasteiger partial charge in [-0.3, -0.25) is 0 Å². The molecule has 5 nitrogen and oxygen atoms in total. The maximum absolute atomic E-state index is 12.4. The highest BCUT2D eigenvalue weighted by Gasteiger charge is 2.29. The van der Waals surface area contributed by atoms with Gasteiger partial charge in [0.1, 0.15) is 5.75 Å². The van der Waals surface area contributed by atoms with Crippen LogP contribution in [-0.2, 0) is 6.54 Å². The molecule has 0 unspecified atom stereocenters. The van der Waals surface area contributed by atoms with E-state index in [0.29, 0.717) is 13.1 Å². The van der Waals surface area contributed by atoms with Crippen molar-refractivity contribution in [1.29, 1.82) is 0 Å². The number of carbonyl (C=O) groups excluding carboxylic acids is 1. The summed E-state index contributed by atoms with van der Waals surface area (Å²) < 4.78 is 6.01. The summed E-state index contributed by atoms with van der Waals surface area (Å²) in [7, 11) is 0. The Labute approximate surface area is 180 Å². The van der Waals surface area contributed by atoms with Crippen molar-refractivity contribution in [3.63, 3.8) is 0 Å². The van der Waals surface area contributed by atoms with Gasteiger partial charge in [-0.25, -0.2) is 4.79 Å². The molecule has 2 saturated heterocycles. The number of nitrogens with zero attached hydrogens (tertiary/aromatic N) is 2. The average molecular weight is 408 g/mol. The van der Waals surface area contributed by atoms with Crippen molar-refractivity contribution in [1.82, 2.24) is 15.1 Å². The lowest BCUT2D eigenvalue weighted by Crippen LogP contribution is -2.27. The Balaban J connectivity index is 1.24. The lowest BCUT2D eigenvalue weighted by atomic mass is 10.1. The van der Waals surface area contributed by atoms with Gasteiger partial charge in [0.05, 0.1) is 12.6 Å². The Morgan fingerprint density at radius 2 is 1.87 bits per heavy atom. The summed E-state index contributed by atoms with van der Waals surface area (Å²) in [5, 5.41) is 3.09. The second kappa shape index (κ2) is 9.98. The molecule has 160 valence electrons. The smallest absolute Gasteiger partial charge is 0.318 e. The molecule has 4 rings (SSSR count). The maximum Gasteiger partial charge on any atom is 0.318 e. The van der Waals surface area contributed by atoms with Gasteiger partial charge in [0.2, 0.25) is 0 Å². The van der Waals surface area contributed by atoms with Crippen molar-refractivity contribution in [3.8, 4) is 5.75 Å². The van der Waals surface area contributed by atoms with E-state index >= 15 is 0 Å². The molecule has 2 aromatic carbocycles. The standard InChI is InChI=1S/C25H33N3O2/c1-20-17-21(11-12-24(20)30-16-8-7-15-27-13-5-6-14-27)18-28-19-23(26-25(28)29)22-9-3-2-4-10-22/h2-4,9-12,17,23H,5-8,13-16,18-19H2,1H3,(H,26,29)/t23-/m1/s1. The minimum Gasteiger partial charge on any atom is -0.493 e. The van der Waals surface area contributed by atoms with E-state index in [-0.39, 0.29) is 12.1 Å². The predicted molar refractivity (Wildman–Crippen MR) is 120 cm³/mol. The largest absolute Gasteiger partial charge is 0.493 e. The molecule has 0 spiro atoms. The van der Waals surface area contributed by atoms with E-state index < -0.39 is 0 Å². The number of nitrogens with one attached hydrogen (secondary N) is 1. The number of unbranched alkanes of at least 4 members (excludes halogenated alkanes) is 1. The fourth-order valence-electron chi connectivity index (χ4n) is 4.42. The van der Waals surface area contributed by atoms with Gasteiger partial charge in [-0.05, 0) is 75.0 Å². The second-order valence-electron chi connectivity index (χ2n) is 8.50. The summed E-state index contributed by atoms with van der Waals surface area (Å²) in [5.74, 6) is 0.952. The Hall–Kier alpha value is -2.53.